The van der Waals surface area contributed by atoms with Gasteiger partial charge in [-0.15, -0.1) is 0 Å². The van der Waals surface area contributed by atoms with Crippen molar-refractivity contribution < 1.29 is 0 Å². The maximum Gasteiger partial charge on any atom is 0.329 e. The Morgan fingerprint density at radius 3 is 1.95 bits per heavy atom. The van der Waals surface area contributed by atoms with Gasteiger partial charge in [0, 0.05) is 27.4 Å². The molecule has 196 valence electrons. The van der Waals surface area contributed by atoms with Gasteiger partial charge < -0.3 is 4.48 Å². The third-order valence-corrected chi connectivity index (χ3v) is 9.45. The lowest BCUT2D eigenvalue weighted by molar-refractivity contribution is 1.31. The van der Waals surface area contributed by atoms with Crippen LogP contribution < -0.4 is 10.9 Å². The van der Waals surface area contributed by atoms with Gasteiger partial charge in [0.25, 0.3) is 0 Å². The predicted octanol–water partition coefficient (Wildman–Crippen LogP) is 9.02. The average molecular weight is 533 g/mol. The number of fused-ring (bicyclic) bond motifs is 8. The molecule has 0 bridgehead atoms. The smallest absolute Gasteiger partial charge is 0.329 e. The Hall–Kier alpha value is -5.08. The summed E-state index contributed by atoms with van der Waals surface area (Å²) < 4.78 is 2.65. The summed E-state index contributed by atoms with van der Waals surface area (Å²) in [6, 6.07) is 49.6. The van der Waals surface area contributed by atoms with Crippen LogP contribution in [-0.4, -0.2) is 11.3 Å². The third-order valence-electron chi connectivity index (χ3n) is 9.45. The molecule has 8 aromatic rings. The highest BCUT2D eigenvalue weighted by Gasteiger charge is 2.36. The van der Waals surface area contributed by atoms with E-state index in [4.69, 9.17) is 0 Å². The van der Waals surface area contributed by atoms with E-state index in [0.717, 1.165) is 0 Å². The van der Waals surface area contributed by atoms with Gasteiger partial charge in [-0.25, -0.2) is 0 Å². The fourth-order valence-electron chi connectivity index (χ4n) is 7.70. The van der Waals surface area contributed by atoms with Crippen molar-refractivity contribution in [3.05, 3.63) is 145 Å². The number of aromatic nitrogens is 1. The normalized spacial score (nSPS) is 12.5. The second-order valence-electron chi connectivity index (χ2n) is 11.8. The first kappa shape index (κ1) is 23.6. The molecule has 1 aliphatic rings. The first-order valence-corrected chi connectivity index (χ1v) is 14.8. The Kier molecular flexibility index (Phi) is 4.90. The average Bonchev–Trinajstić information content (AvgIpc) is 3.37. The van der Waals surface area contributed by atoms with E-state index in [1.54, 1.807) is 0 Å². The van der Waals surface area contributed by atoms with Gasteiger partial charge in [0.05, 0.1) is 0 Å². The molecule has 0 radical (unpaired) electrons. The molecule has 0 atom stereocenters. The van der Waals surface area contributed by atoms with Crippen LogP contribution in [0.15, 0.2) is 133 Å². The minimum absolute atomic E-state index is 0.0606. The molecular formula is C40H28BN. The highest BCUT2D eigenvalue weighted by molar-refractivity contribution is 6.88. The van der Waals surface area contributed by atoms with Gasteiger partial charge in [-0.05, 0) is 75.1 Å². The van der Waals surface area contributed by atoms with E-state index >= 15 is 0 Å². The Morgan fingerprint density at radius 1 is 0.500 bits per heavy atom. The summed E-state index contributed by atoms with van der Waals surface area (Å²) in [7, 11) is 0. The summed E-state index contributed by atoms with van der Waals surface area (Å²) in [5.74, 6) is 0. The topological polar surface area (TPSA) is 4.93 Å². The number of aryl methyl sites for hydroxylation is 2. The van der Waals surface area contributed by atoms with Crippen molar-refractivity contribution in [3.63, 3.8) is 0 Å². The summed E-state index contributed by atoms with van der Waals surface area (Å²) in [5.41, 5.74) is 13.3. The summed E-state index contributed by atoms with van der Waals surface area (Å²) >= 11 is 0. The Balaban J connectivity index is 1.44. The molecule has 0 spiro atoms. The molecule has 2 heteroatoms. The zero-order chi connectivity index (χ0) is 27.9. The SMILES string of the molecule is Cc1cc(-c2ccccc2)cc(C)c1B1c2cc3ccccc3cc2-c2cccc3c4c5ccccc5ccc4n1c23. The van der Waals surface area contributed by atoms with Crippen LogP contribution in [0.4, 0.5) is 0 Å². The van der Waals surface area contributed by atoms with Crippen molar-refractivity contribution >= 4 is 61.1 Å². The predicted molar refractivity (Wildman–Crippen MR) is 182 cm³/mol. The molecule has 0 saturated carbocycles. The van der Waals surface area contributed by atoms with E-state index in [-0.39, 0.29) is 6.85 Å². The van der Waals surface area contributed by atoms with Crippen molar-refractivity contribution in [1.29, 1.82) is 0 Å². The van der Waals surface area contributed by atoms with E-state index in [0.29, 0.717) is 0 Å². The van der Waals surface area contributed by atoms with Crippen LogP contribution in [0.2, 0.25) is 0 Å². The van der Waals surface area contributed by atoms with Gasteiger partial charge in [-0.2, -0.15) is 0 Å². The first-order chi connectivity index (χ1) is 20.7. The molecule has 42 heavy (non-hydrogen) atoms. The lowest BCUT2D eigenvalue weighted by atomic mass is 9.45. The van der Waals surface area contributed by atoms with Crippen molar-refractivity contribution in [2.75, 3.05) is 0 Å². The lowest BCUT2D eigenvalue weighted by Gasteiger charge is -2.30. The van der Waals surface area contributed by atoms with Crippen LogP contribution in [-0.2, 0) is 0 Å². The van der Waals surface area contributed by atoms with Crippen molar-refractivity contribution in [3.8, 4) is 22.3 Å². The largest absolute Gasteiger partial charge is 0.375 e. The second-order valence-corrected chi connectivity index (χ2v) is 11.8. The van der Waals surface area contributed by atoms with Crippen molar-refractivity contribution in [2.24, 2.45) is 0 Å². The van der Waals surface area contributed by atoms with E-state index < -0.39 is 0 Å². The van der Waals surface area contributed by atoms with Gasteiger partial charge in [-0.3, -0.25) is 0 Å². The fourth-order valence-corrected chi connectivity index (χ4v) is 7.70. The van der Waals surface area contributed by atoms with Gasteiger partial charge >= 0.3 is 6.85 Å². The molecule has 0 aliphatic carbocycles. The molecule has 0 fully saturated rings. The Labute approximate surface area is 245 Å². The summed E-state index contributed by atoms with van der Waals surface area (Å²) in [4.78, 5) is 0. The van der Waals surface area contributed by atoms with Crippen LogP contribution in [0.3, 0.4) is 0 Å². The van der Waals surface area contributed by atoms with Gasteiger partial charge in [0.2, 0.25) is 0 Å². The molecular weight excluding hydrogens is 505 g/mol. The zero-order valence-corrected chi connectivity index (χ0v) is 23.7. The van der Waals surface area contributed by atoms with E-state index in [1.807, 2.05) is 0 Å². The third kappa shape index (κ3) is 3.21. The van der Waals surface area contributed by atoms with Crippen LogP contribution in [0.25, 0.3) is 65.6 Å². The van der Waals surface area contributed by atoms with Gasteiger partial charge in [0.1, 0.15) is 0 Å². The molecule has 0 N–H and O–H groups in total. The molecule has 2 heterocycles. The number of para-hydroxylation sites is 1. The van der Waals surface area contributed by atoms with E-state index in [2.05, 4.69) is 152 Å². The van der Waals surface area contributed by atoms with Crippen LogP contribution >= 0.6 is 0 Å². The minimum Gasteiger partial charge on any atom is -0.375 e. The highest BCUT2D eigenvalue weighted by atomic mass is 14.9. The fraction of sp³-hybridized carbons (Fsp3) is 0.0500. The quantitative estimate of drug-likeness (QED) is 0.196. The van der Waals surface area contributed by atoms with Crippen molar-refractivity contribution in [1.82, 2.24) is 4.48 Å². The number of benzene rings is 7. The Morgan fingerprint density at radius 2 is 1.17 bits per heavy atom. The number of hydrogen-bond acceptors (Lipinski definition) is 0. The molecule has 9 rings (SSSR count). The van der Waals surface area contributed by atoms with Gasteiger partial charge in [-0.1, -0.05) is 132 Å². The van der Waals surface area contributed by atoms with Gasteiger partial charge in [0.15, 0.2) is 0 Å². The molecule has 1 aromatic heterocycles. The Bertz CT molecular complexity index is 2360. The monoisotopic (exact) mass is 533 g/mol. The summed E-state index contributed by atoms with van der Waals surface area (Å²) in [6.07, 6.45) is 0. The molecule has 7 aromatic carbocycles. The number of rotatable bonds is 2. The zero-order valence-electron chi connectivity index (χ0n) is 23.7. The van der Waals surface area contributed by atoms with Crippen LogP contribution in [0.1, 0.15) is 11.1 Å². The standard InChI is InChI=1S/C40H28BN/c1-25-21-31(27-11-4-3-5-12-27)22-26(2)39(25)41-36-24-30-15-7-6-14-29(30)23-35(36)33-17-10-18-34-38-32-16-9-8-13-28(32)19-20-37(38)42(41)40(33)34/h3-24H,1-2H3. The highest BCUT2D eigenvalue weighted by Crippen LogP contribution is 2.42. The first-order valence-electron chi connectivity index (χ1n) is 14.8. The minimum atomic E-state index is 0.0606. The molecule has 1 nitrogen and oxygen atoms in total. The maximum atomic E-state index is 2.65. The number of hydrogen-bond donors (Lipinski definition) is 0. The maximum absolute atomic E-state index is 2.65. The molecule has 1 aliphatic heterocycles. The van der Waals surface area contributed by atoms with Crippen LogP contribution in [0.5, 0.6) is 0 Å². The van der Waals surface area contributed by atoms with Crippen LogP contribution in [0, 0.1) is 13.8 Å². The summed E-state index contributed by atoms with van der Waals surface area (Å²) in [6.45, 7) is 4.66. The lowest BCUT2D eigenvalue weighted by Crippen LogP contribution is -2.53. The molecule has 0 unspecified atom stereocenters. The second kappa shape index (κ2) is 8.71. The van der Waals surface area contributed by atoms with Crippen molar-refractivity contribution in [2.45, 2.75) is 13.8 Å². The van der Waals surface area contributed by atoms with E-state index in [1.165, 1.54) is 87.7 Å². The summed E-state index contributed by atoms with van der Waals surface area (Å²) in [5, 5.41) is 7.86. The number of nitrogens with zero attached hydrogens (tertiary/aromatic N) is 1. The molecule has 0 amide bonds. The van der Waals surface area contributed by atoms with E-state index in [9.17, 15) is 0 Å². The molecule has 0 saturated heterocycles.